The molecule has 92 valence electrons. The Morgan fingerprint density at radius 2 is 2.29 bits per heavy atom. The number of carbonyl (C=O) groups excluding carboxylic acids is 1. The minimum Gasteiger partial charge on any atom is -0.490 e. The summed E-state index contributed by atoms with van der Waals surface area (Å²) in [6.07, 6.45) is 1.74. The highest BCUT2D eigenvalue weighted by atomic mass is 35.5. The van der Waals surface area contributed by atoms with Crippen molar-refractivity contribution in [3.05, 3.63) is 29.7 Å². The van der Waals surface area contributed by atoms with Gasteiger partial charge < -0.3 is 4.74 Å². The Kier molecular flexibility index (Phi) is 4.37. The summed E-state index contributed by atoms with van der Waals surface area (Å²) in [4.78, 5) is 15.6. The molecule has 0 saturated heterocycles. The summed E-state index contributed by atoms with van der Waals surface area (Å²) < 4.78 is 7.08. The fourth-order valence-electron chi connectivity index (χ4n) is 1.66. The zero-order chi connectivity index (χ0) is 11.7. The zero-order valence-electron chi connectivity index (χ0n) is 9.44. The summed E-state index contributed by atoms with van der Waals surface area (Å²) in [6.45, 7) is 4.20. The quantitative estimate of drug-likeness (QED) is 0.809. The van der Waals surface area contributed by atoms with Crippen LogP contribution in [0.2, 0.25) is 0 Å². The minimum absolute atomic E-state index is 0. The summed E-state index contributed by atoms with van der Waals surface area (Å²) in [7, 11) is 0. The first kappa shape index (κ1) is 13.8. The number of rotatable bonds is 3. The van der Waals surface area contributed by atoms with Crippen molar-refractivity contribution in [3.63, 3.8) is 0 Å². The van der Waals surface area contributed by atoms with Crippen LogP contribution in [0.5, 0.6) is 5.75 Å². The Bertz CT molecular complexity index is 552. The van der Waals surface area contributed by atoms with Gasteiger partial charge in [0, 0.05) is 6.20 Å². The van der Waals surface area contributed by atoms with E-state index in [9.17, 15) is 4.79 Å². The fourth-order valence-corrected chi connectivity index (χ4v) is 1.89. The van der Waals surface area contributed by atoms with E-state index in [-0.39, 0.29) is 12.4 Å². The highest BCUT2D eigenvalue weighted by Gasteiger charge is 2.16. The average Bonchev–Trinajstić information content (AvgIpc) is 2.55. The SMILES string of the molecule is CCOc1cccn2c(C(=O)Cl)c(C)nc12.Cl. The van der Waals surface area contributed by atoms with Gasteiger partial charge in [0.05, 0.1) is 12.3 Å². The topological polar surface area (TPSA) is 43.6 Å². The van der Waals surface area contributed by atoms with Crippen LogP contribution in [0.15, 0.2) is 18.3 Å². The zero-order valence-corrected chi connectivity index (χ0v) is 11.0. The fraction of sp³-hybridized carbons (Fsp3) is 0.273. The molecule has 0 N–H and O–H groups in total. The predicted molar refractivity (Wildman–Crippen MR) is 68.5 cm³/mol. The molecule has 2 heterocycles. The second kappa shape index (κ2) is 5.38. The Balaban J connectivity index is 0.00000144. The van der Waals surface area contributed by atoms with Crippen molar-refractivity contribution >= 4 is 34.9 Å². The molecule has 0 spiro atoms. The normalized spacial score (nSPS) is 10.1. The first-order valence-corrected chi connectivity index (χ1v) is 5.33. The van der Waals surface area contributed by atoms with E-state index >= 15 is 0 Å². The third-order valence-electron chi connectivity index (χ3n) is 2.27. The largest absolute Gasteiger partial charge is 0.490 e. The second-order valence-electron chi connectivity index (χ2n) is 3.32. The summed E-state index contributed by atoms with van der Waals surface area (Å²) in [5.74, 6) is 0.650. The molecule has 4 nitrogen and oxygen atoms in total. The lowest BCUT2D eigenvalue weighted by Gasteiger charge is -2.04. The number of aromatic nitrogens is 2. The summed E-state index contributed by atoms with van der Waals surface area (Å²) >= 11 is 5.52. The molecule has 0 unspecified atom stereocenters. The molecule has 0 radical (unpaired) electrons. The van der Waals surface area contributed by atoms with Crippen molar-refractivity contribution in [1.82, 2.24) is 9.38 Å². The van der Waals surface area contributed by atoms with Crippen LogP contribution in [0.1, 0.15) is 23.1 Å². The second-order valence-corrected chi connectivity index (χ2v) is 3.66. The molecular weight excluding hydrogens is 263 g/mol. The first-order chi connectivity index (χ1) is 7.65. The lowest BCUT2D eigenvalue weighted by atomic mass is 10.4. The van der Waals surface area contributed by atoms with Crippen molar-refractivity contribution in [1.29, 1.82) is 0 Å². The van der Waals surface area contributed by atoms with E-state index in [2.05, 4.69) is 4.98 Å². The lowest BCUT2D eigenvalue weighted by molar-refractivity contribution is 0.107. The molecule has 17 heavy (non-hydrogen) atoms. The number of halogens is 2. The molecule has 2 aromatic heterocycles. The maximum absolute atomic E-state index is 11.3. The Morgan fingerprint density at radius 1 is 1.59 bits per heavy atom. The molecule has 0 amide bonds. The molecule has 6 heteroatoms. The Hall–Kier alpha value is -1.26. The van der Waals surface area contributed by atoms with Gasteiger partial charge >= 0.3 is 0 Å². The number of ether oxygens (including phenoxy) is 1. The molecular formula is C11H12Cl2N2O2. The van der Waals surface area contributed by atoms with Crippen LogP contribution in [-0.2, 0) is 0 Å². The van der Waals surface area contributed by atoms with Crippen molar-refractivity contribution in [2.24, 2.45) is 0 Å². The van der Waals surface area contributed by atoms with Crippen LogP contribution in [-0.4, -0.2) is 21.2 Å². The number of aryl methyl sites for hydroxylation is 1. The molecule has 2 rings (SSSR count). The average molecular weight is 275 g/mol. The standard InChI is InChI=1S/C11H11ClN2O2.ClH/c1-3-16-8-5-4-6-14-9(10(12)15)7(2)13-11(8)14;/h4-6H,3H2,1-2H3;1H. The molecule has 0 atom stereocenters. The highest BCUT2D eigenvalue weighted by Crippen LogP contribution is 2.22. The van der Waals surface area contributed by atoms with E-state index in [0.717, 1.165) is 0 Å². The number of nitrogens with zero attached hydrogens (tertiary/aromatic N) is 2. The van der Waals surface area contributed by atoms with Gasteiger partial charge in [-0.15, -0.1) is 12.4 Å². The van der Waals surface area contributed by atoms with E-state index in [1.807, 2.05) is 13.0 Å². The number of hydrogen-bond acceptors (Lipinski definition) is 3. The van der Waals surface area contributed by atoms with E-state index in [4.69, 9.17) is 16.3 Å². The van der Waals surface area contributed by atoms with Crippen LogP contribution in [0.3, 0.4) is 0 Å². The monoisotopic (exact) mass is 274 g/mol. The van der Waals surface area contributed by atoms with Gasteiger partial charge in [0.2, 0.25) is 0 Å². The van der Waals surface area contributed by atoms with E-state index in [1.54, 1.807) is 23.6 Å². The van der Waals surface area contributed by atoms with Crippen molar-refractivity contribution in [2.45, 2.75) is 13.8 Å². The van der Waals surface area contributed by atoms with Gasteiger partial charge in [0.25, 0.3) is 5.24 Å². The van der Waals surface area contributed by atoms with Gasteiger partial charge in [0.15, 0.2) is 11.4 Å². The summed E-state index contributed by atoms with van der Waals surface area (Å²) in [6, 6.07) is 3.61. The lowest BCUT2D eigenvalue weighted by Crippen LogP contribution is -1.99. The Labute approximate surface area is 110 Å². The molecule has 0 aliphatic carbocycles. The van der Waals surface area contributed by atoms with Crippen molar-refractivity contribution in [3.8, 4) is 5.75 Å². The molecule has 0 bridgehead atoms. The van der Waals surface area contributed by atoms with Crippen LogP contribution in [0, 0.1) is 6.92 Å². The number of hydrogen-bond donors (Lipinski definition) is 0. The van der Waals surface area contributed by atoms with Crippen LogP contribution in [0.25, 0.3) is 5.65 Å². The van der Waals surface area contributed by atoms with Crippen LogP contribution >= 0.6 is 24.0 Å². The predicted octanol–water partition coefficient (Wildman–Crippen LogP) is 2.84. The van der Waals surface area contributed by atoms with E-state index < -0.39 is 5.24 Å². The van der Waals surface area contributed by atoms with Crippen molar-refractivity contribution < 1.29 is 9.53 Å². The molecule has 2 aromatic rings. The maximum atomic E-state index is 11.3. The first-order valence-electron chi connectivity index (χ1n) is 4.95. The smallest absolute Gasteiger partial charge is 0.271 e. The van der Waals surface area contributed by atoms with Crippen LogP contribution in [0.4, 0.5) is 0 Å². The van der Waals surface area contributed by atoms with Gasteiger partial charge in [-0.3, -0.25) is 9.20 Å². The molecule has 0 aromatic carbocycles. The van der Waals surface area contributed by atoms with Gasteiger partial charge in [0.1, 0.15) is 5.69 Å². The number of carbonyl (C=O) groups is 1. The summed E-state index contributed by atoms with van der Waals surface area (Å²) in [5, 5.41) is -0.515. The molecule has 0 aliphatic rings. The maximum Gasteiger partial charge on any atom is 0.271 e. The molecule has 0 fully saturated rings. The van der Waals surface area contributed by atoms with Gasteiger partial charge in [-0.05, 0) is 37.6 Å². The molecule has 0 saturated carbocycles. The van der Waals surface area contributed by atoms with E-state index in [1.165, 1.54) is 0 Å². The third kappa shape index (κ3) is 2.37. The van der Waals surface area contributed by atoms with Crippen molar-refractivity contribution in [2.75, 3.05) is 6.61 Å². The van der Waals surface area contributed by atoms with Gasteiger partial charge in [-0.2, -0.15) is 0 Å². The minimum atomic E-state index is -0.515. The summed E-state index contributed by atoms with van der Waals surface area (Å²) in [5.41, 5.74) is 1.61. The number of fused-ring (bicyclic) bond motifs is 1. The van der Waals surface area contributed by atoms with Gasteiger partial charge in [-0.1, -0.05) is 0 Å². The van der Waals surface area contributed by atoms with E-state index in [0.29, 0.717) is 29.4 Å². The van der Waals surface area contributed by atoms with Gasteiger partial charge in [-0.25, -0.2) is 4.98 Å². The molecule has 0 aliphatic heterocycles. The number of pyridine rings is 1. The Morgan fingerprint density at radius 3 is 2.88 bits per heavy atom. The highest BCUT2D eigenvalue weighted by molar-refractivity contribution is 6.67. The number of imidazole rings is 1. The third-order valence-corrected chi connectivity index (χ3v) is 2.45. The van der Waals surface area contributed by atoms with Crippen LogP contribution < -0.4 is 4.74 Å².